The second-order valence-corrected chi connectivity index (χ2v) is 4.06. The van der Waals surface area contributed by atoms with Crippen molar-refractivity contribution in [2.75, 3.05) is 7.05 Å². The molecule has 0 amide bonds. The van der Waals surface area contributed by atoms with Crippen LogP contribution < -0.4 is 5.73 Å². The molecule has 64 valence electrons. The lowest BCUT2D eigenvalue weighted by atomic mass is 9.82. The van der Waals surface area contributed by atoms with Crippen LogP contribution in [-0.2, 0) is 0 Å². The molecule has 0 aromatic rings. The minimum absolute atomic E-state index is 0.455. The van der Waals surface area contributed by atoms with E-state index in [0.717, 1.165) is 6.04 Å². The first-order valence-electron chi connectivity index (χ1n) is 4.76. The van der Waals surface area contributed by atoms with Gasteiger partial charge in [-0.15, -0.1) is 0 Å². The molecule has 0 radical (unpaired) electrons. The summed E-state index contributed by atoms with van der Waals surface area (Å²) in [4.78, 5) is 2.51. The van der Waals surface area contributed by atoms with Crippen LogP contribution in [0.2, 0.25) is 0 Å². The molecule has 3 atom stereocenters. The van der Waals surface area contributed by atoms with Crippen LogP contribution in [0.1, 0.15) is 32.1 Å². The van der Waals surface area contributed by atoms with E-state index in [4.69, 9.17) is 5.73 Å². The summed E-state index contributed by atoms with van der Waals surface area (Å²) in [7, 11) is 2.24. The number of fused-ring (bicyclic) bond motifs is 2. The second kappa shape index (κ2) is 2.76. The molecular formula is C9H18N2. The quantitative estimate of drug-likeness (QED) is 0.563. The highest BCUT2D eigenvalue weighted by atomic mass is 15.2. The van der Waals surface area contributed by atoms with Crippen molar-refractivity contribution in [3.8, 4) is 0 Å². The summed E-state index contributed by atoms with van der Waals surface area (Å²) in [6, 6.07) is 2.01. The molecule has 0 aromatic heterocycles. The first-order chi connectivity index (χ1) is 5.29. The summed E-state index contributed by atoms with van der Waals surface area (Å²) < 4.78 is 0. The van der Waals surface area contributed by atoms with Crippen LogP contribution in [0.15, 0.2) is 0 Å². The van der Waals surface area contributed by atoms with E-state index in [9.17, 15) is 0 Å². The van der Waals surface area contributed by atoms with Gasteiger partial charge in [0.1, 0.15) is 0 Å². The van der Waals surface area contributed by atoms with Crippen molar-refractivity contribution in [2.24, 2.45) is 5.73 Å². The standard InChI is InChI=1S/C9H18N2/c1-11-7-3-2-4-9(11)8(10)6-5-7/h7-9H,2-6,10H2,1H3. The third-order valence-corrected chi connectivity index (χ3v) is 3.46. The summed E-state index contributed by atoms with van der Waals surface area (Å²) in [5.74, 6) is 0. The molecule has 2 N–H and O–H groups in total. The Hall–Kier alpha value is -0.0800. The zero-order valence-electron chi connectivity index (χ0n) is 7.29. The number of nitrogens with zero attached hydrogens (tertiary/aromatic N) is 1. The highest BCUT2D eigenvalue weighted by molar-refractivity contribution is 4.93. The van der Waals surface area contributed by atoms with E-state index in [0.29, 0.717) is 12.1 Å². The largest absolute Gasteiger partial charge is 0.326 e. The van der Waals surface area contributed by atoms with Crippen LogP contribution in [-0.4, -0.2) is 30.1 Å². The molecule has 2 saturated heterocycles. The Morgan fingerprint density at radius 1 is 1.18 bits per heavy atom. The third kappa shape index (κ3) is 1.18. The van der Waals surface area contributed by atoms with Crippen LogP contribution in [0.3, 0.4) is 0 Å². The molecular weight excluding hydrogens is 136 g/mol. The van der Waals surface area contributed by atoms with Crippen LogP contribution >= 0.6 is 0 Å². The fourth-order valence-corrected chi connectivity index (χ4v) is 2.68. The van der Waals surface area contributed by atoms with E-state index in [1.54, 1.807) is 0 Å². The van der Waals surface area contributed by atoms with Crippen molar-refractivity contribution >= 4 is 0 Å². The molecule has 3 unspecified atom stereocenters. The fourth-order valence-electron chi connectivity index (χ4n) is 2.68. The summed E-state index contributed by atoms with van der Waals surface area (Å²) in [6.45, 7) is 0. The van der Waals surface area contributed by atoms with Gasteiger partial charge in [-0.25, -0.2) is 0 Å². The number of rotatable bonds is 0. The molecule has 2 aliphatic heterocycles. The van der Waals surface area contributed by atoms with Gasteiger partial charge in [0.2, 0.25) is 0 Å². The Kier molecular flexibility index (Phi) is 1.90. The number of piperidine rings is 2. The third-order valence-electron chi connectivity index (χ3n) is 3.46. The average Bonchev–Trinajstić information content (AvgIpc) is 1.98. The van der Waals surface area contributed by atoms with Crippen molar-refractivity contribution in [3.05, 3.63) is 0 Å². The van der Waals surface area contributed by atoms with Gasteiger partial charge < -0.3 is 5.73 Å². The van der Waals surface area contributed by atoms with Gasteiger partial charge >= 0.3 is 0 Å². The highest BCUT2D eigenvalue weighted by Crippen LogP contribution is 2.31. The highest BCUT2D eigenvalue weighted by Gasteiger charge is 2.35. The number of nitrogens with two attached hydrogens (primary N) is 1. The summed E-state index contributed by atoms with van der Waals surface area (Å²) >= 11 is 0. The molecule has 2 heterocycles. The number of hydrogen-bond donors (Lipinski definition) is 1. The number of hydrogen-bond acceptors (Lipinski definition) is 2. The Morgan fingerprint density at radius 2 is 2.00 bits per heavy atom. The van der Waals surface area contributed by atoms with Crippen molar-refractivity contribution in [2.45, 2.75) is 50.2 Å². The van der Waals surface area contributed by atoms with Gasteiger partial charge in [0.15, 0.2) is 0 Å². The van der Waals surface area contributed by atoms with E-state index < -0.39 is 0 Å². The lowest BCUT2D eigenvalue weighted by Crippen LogP contribution is -2.56. The summed E-state index contributed by atoms with van der Waals surface area (Å²) in [6.07, 6.45) is 6.70. The topological polar surface area (TPSA) is 29.3 Å². The van der Waals surface area contributed by atoms with Gasteiger partial charge in [0, 0.05) is 18.1 Å². The van der Waals surface area contributed by atoms with Crippen molar-refractivity contribution in [1.29, 1.82) is 0 Å². The second-order valence-electron chi connectivity index (χ2n) is 4.06. The normalized spacial score (nSPS) is 45.8. The van der Waals surface area contributed by atoms with Crippen molar-refractivity contribution in [1.82, 2.24) is 4.90 Å². The van der Waals surface area contributed by atoms with E-state index in [-0.39, 0.29) is 0 Å². The van der Waals surface area contributed by atoms with Gasteiger partial charge in [-0.2, -0.15) is 0 Å². The molecule has 2 rings (SSSR count). The maximum absolute atomic E-state index is 6.03. The van der Waals surface area contributed by atoms with E-state index >= 15 is 0 Å². The predicted molar refractivity (Wildman–Crippen MR) is 46.4 cm³/mol. The summed E-state index contributed by atoms with van der Waals surface area (Å²) in [5, 5.41) is 0. The van der Waals surface area contributed by atoms with Gasteiger partial charge in [-0.1, -0.05) is 6.42 Å². The minimum atomic E-state index is 0.455. The van der Waals surface area contributed by atoms with Crippen LogP contribution in [0.4, 0.5) is 0 Å². The fraction of sp³-hybridized carbons (Fsp3) is 1.00. The zero-order valence-corrected chi connectivity index (χ0v) is 7.29. The van der Waals surface area contributed by atoms with E-state index in [1.807, 2.05) is 0 Å². The predicted octanol–water partition coefficient (Wildman–Crippen LogP) is 0.960. The molecule has 0 spiro atoms. The average molecular weight is 154 g/mol. The molecule has 2 bridgehead atoms. The first kappa shape index (κ1) is 7.56. The SMILES string of the molecule is CN1C2CCCC1C(N)CC2. The smallest absolute Gasteiger partial charge is 0.0247 e. The minimum Gasteiger partial charge on any atom is -0.326 e. The molecule has 2 aliphatic rings. The lowest BCUT2D eigenvalue weighted by Gasteiger charge is -2.47. The van der Waals surface area contributed by atoms with Gasteiger partial charge in [-0.3, -0.25) is 4.90 Å². The van der Waals surface area contributed by atoms with E-state index in [1.165, 1.54) is 32.1 Å². The Balaban J connectivity index is 2.09. The Bertz CT molecular complexity index is 146. The van der Waals surface area contributed by atoms with E-state index in [2.05, 4.69) is 11.9 Å². The van der Waals surface area contributed by atoms with Gasteiger partial charge in [0.25, 0.3) is 0 Å². The Labute approximate surface area is 68.7 Å². The van der Waals surface area contributed by atoms with Crippen LogP contribution in [0.25, 0.3) is 0 Å². The molecule has 0 saturated carbocycles. The summed E-state index contributed by atoms with van der Waals surface area (Å²) in [5.41, 5.74) is 6.03. The van der Waals surface area contributed by atoms with Crippen LogP contribution in [0.5, 0.6) is 0 Å². The lowest BCUT2D eigenvalue weighted by molar-refractivity contribution is 0.0522. The van der Waals surface area contributed by atoms with Gasteiger partial charge in [0.05, 0.1) is 0 Å². The van der Waals surface area contributed by atoms with Crippen molar-refractivity contribution < 1.29 is 0 Å². The monoisotopic (exact) mass is 154 g/mol. The maximum atomic E-state index is 6.03. The Morgan fingerprint density at radius 3 is 2.73 bits per heavy atom. The van der Waals surface area contributed by atoms with Crippen LogP contribution in [0, 0.1) is 0 Å². The maximum Gasteiger partial charge on any atom is 0.0247 e. The zero-order chi connectivity index (χ0) is 7.84. The molecule has 2 fully saturated rings. The van der Waals surface area contributed by atoms with Crippen molar-refractivity contribution in [3.63, 3.8) is 0 Å². The molecule has 2 heteroatoms. The van der Waals surface area contributed by atoms with Gasteiger partial charge in [-0.05, 0) is 32.7 Å². The molecule has 2 nitrogen and oxygen atoms in total. The molecule has 0 aliphatic carbocycles. The molecule has 11 heavy (non-hydrogen) atoms. The number of likely N-dealkylation sites (N-methyl/N-ethyl adjacent to an activating group) is 1. The first-order valence-corrected chi connectivity index (χ1v) is 4.76. The molecule has 0 aromatic carbocycles.